The zero-order valence-corrected chi connectivity index (χ0v) is 12.0. The number of pyridine rings is 1. The summed E-state index contributed by atoms with van der Waals surface area (Å²) >= 11 is 3.41. The number of nitrogens with two attached hydrogens (primary N) is 1. The number of anilines is 1. The summed E-state index contributed by atoms with van der Waals surface area (Å²) in [5, 5.41) is 2.90. The van der Waals surface area contributed by atoms with E-state index in [1.807, 2.05) is 31.2 Å². The molecule has 19 heavy (non-hydrogen) atoms. The fraction of sp³-hybridized carbons (Fsp3) is 0.143. The second-order valence-electron chi connectivity index (χ2n) is 4.23. The van der Waals surface area contributed by atoms with Crippen molar-refractivity contribution in [3.8, 4) is 0 Å². The highest BCUT2D eigenvalue weighted by atomic mass is 79.9. The van der Waals surface area contributed by atoms with Crippen molar-refractivity contribution in [2.45, 2.75) is 13.0 Å². The Kier molecular flexibility index (Phi) is 4.16. The maximum Gasteiger partial charge on any atom is 0.270 e. The highest BCUT2D eigenvalue weighted by molar-refractivity contribution is 9.10. The van der Waals surface area contributed by atoms with Gasteiger partial charge in [-0.25, -0.2) is 4.98 Å². The number of benzene rings is 1. The van der Waals surface area contributed by atoms with E-state index in [2.05, 4.69) is 26.2 Å². The molecule has 0 aliphatic carbocycles. The lowest BCUT2D eigenvalue weighted by Gasteiger charge is -2.14. The molecular formula is C14H14BrN3O. The minimum Gasteiger partial charge on any atom is -0.397 e. The molecule has 1 amide bonds. The van der Waals surface area contributed by atoms with Gasteiger partial charge >= 0.3 is 0 Å². The maximum atomic E-state index is 12.0. The van der Waals surface area contributed by atoms with Crippen molar-refractivity contribution in [3.63, 3.8) is 0 Å². The van der Waals surface area contributed by atoms with Crippen LogP contribution < -0.4 is 11.1 Å². The average molecular weight is 320 g/mol. The highest BCUT2D eigenvalue weighted by Gasteiger charge is 2.12. The lowest BCUT2D eigenvalue weighted by atomic mass is 10.1. The lowest BCUT2D eigenvalue weighted by Crippen LogP contribution is -2.27. The Morgan fingerprint density at radius 1 is 1.37 bits per heavy atom. The molecule has 0 radical (unpaired) electrons. The second kappa shape index (κ2) is 5.84. The Morgan fingerprint density at radius 2 is 2.16 bits per heavy atom. The van der Waals surface area contributed by atoms with Crippen LogP contribution in [-0.4, -0.2) is 10.9 Å². The zero-order valence-electron chi connectivity index (χ0n) is 10.4. The van der Waals surface area contributed by atoms with E-state index in [1.165, 1.54) is 6.20 Å². The summed E-state index contributed by atoms with van der Waals surface area (Å²) in [7, 11) is 0. The van der Waals surface area contributed by atoms with Crippen LogP contribution in [0.5, 0.6) is 0 Å². The molecule has 5 heteroatoms. The molecule has 2 aromatic rings. The Balaban J connectivity index is 2.08. The molecule has 0 bridgehead atoms. The number of carbonyl (C=O) groups excluding carboxylic acids is 1. The van der Waals surface area contributed by atoms with Gasteiger partial charge in [0, 0.05) is 4.47 Å². The van der Waals surface area contributed by atoms with Crippen LogP contribution in [0.1, 0.15) is 29.0 Å². The molecular weight excluding hydrogens is 306 g/mol. The van der Waals surface area contributed by atoms with Crippen LogP contribution in [0.4, 0.5) is 5.69 Å². The van der Waals surface area contributed by atoms with Gasteiger partial charge in [0.1, 0.15) is 5.69 Å². The molecule has 2 rings (SSSR count). The van der Waals surface area contributed by atoms with Gasteiger partial charge in [-0.05, 0) is 36.8 Å². The van der Waals surface area contributed by atoms with Crippen molar-refractivity contribution >= 4 is 27.5 Å². The van der Waals surface area contributed by atoms with Gasteiger partial charge in [-0.1, -0.05) is 28.1 Å². The Labute approximate surface area is 120 Å². The van der Waals surface area contributed by atoms with E-state index in [0.717, 1.165) is 10.0 Å². The summed E-state index contributed by atoms with van der Waals surface area (Å²) in [6.07, 6.45) is 1.47. The van der Waals surface area contributed by atoms with Gasteiger partial charge in [0.25, 0.3) is 5.91 Å². The number of amides is 1. The van der Waals surface area contributed by atoms with Gasteiger partial charge in [0.2, 0.25) is 0 Å². The third-order valence-corrected chi connectivity index (χ3v) is 3.21. The van der Waals surface area contributed by atoms with Crippen LogP contribution in [0.3, 0.4) is 0 Å². The van der Waals surface area contributed by atoms with Crippen molar-refractivity contribution in [3.05, 3.63) is 58.3 Å². The van der Waals surface area contributed by atoms with Crippen molar-refractivity contribution in [2.75, 3.05) is 5.73 Å². The smallest absolute Gasteiger partial charge is 0.270 e. The van der Waals surface area contributed by atoms with Gasteiger partial charge in [-0.2, -0.15) is 0 Å². The van der Waals surface area contributed by atoms with Crippen molar-refractivity contribution < 1.29 is 4.79 Å². The van der Waals surface area contributed by atoms with E-state index in [4.69, 9.17) is 5.73 Å². The maximum absolute atomic E-state index is 12.0. The third kappa shape index (κ3) is 3.54. The summed E-state index contributed by atoms with van der Waals surface area (Å²) in [4.78, 5) is 16.0. The zero-order chi connectivity index (χ0) is 13.8. The number of aromatic nitrogens is 1. The first-order valence-electron chi connectivity index (χ1n) is 5.84. The molecule has 1 aromatic heterocycles. The van der Waals surface area contributed by atoms with E-state index >= 15 is 0 Å². The highest BCUT2D eigenvalue weighted by Crippen LogP contribution is 2.18. The first-order valence-corrected chi connectivity index (χ1v) is 6.63. The SMILES string of the molecule is CC(NC(=O)c1ccc(N)cn1)c1cccc(Br)c1. The van der Waals surface area contributed by atoms with Crippen LogP contribution in [0, 0.1) is 0 Å². The van der Waals surface area contributed by atoms with E-state index in [1.54, 1.807) is 12.1 Å². The number of hydrogen-bond donors (Lipinski definition) is 2. The molecule has 1 atom stereocenters. The summed E-state index contributed by atoms with van der Waals surface area (Å²) < 4.78 is 0.983. The molecule has 1 unspecified atom stereocenters. The van der Waals surface area contributed by atoms with Crippen LogP contribution in [0.2, 0.25) is 0 Å². The van der Waals surface area contributed by atoms with Crippen LogP contribution in [-0.2, 0) is 0 Å². The molecule has 98 valence electrons. The van der Waals surface area contributed by atoms with Crippen LogP contribution in [0.25, 0.3) is 0 Å². The largest absolute Gasteiger partial charge is 0.397 e. The Bertz CT molecular complexity index is 583. The summed E-state index contributed by atoms with van der Waals surface area (Å²) in [6.45, 7) is 1.93. The van der Waals surface area contributed by atoms with Crippen molar-refractivity contribution in [1.29, 1.82) is 0 Å². The Hall–Kier alpha value is -1.88. The number of halogens is 1. The lowest BCUT2D eigenvalue weighted by molar-refractivity contribution is 0.0935. The van der Waals surface area contributed by atoms with Crippen LogP contribution >= 0.6 is 15.9 Å². The quantitative estimate of drug-likeness (QED) is 0.914. The van der Waals surface area contributed by atoms with Gasteiger partial charge in [0.05, 0.1) is 17.9 Å². The number of hydrogen-bond acceptors (Lipinski definition) is 3. The Morgan fingerprint density at radius 3 is 2.79 bits per heavy atom. The molecule has 3 N–H and O–H groups in total. The summed E-state index contributed by atoms with van der Waals surface area (Å²) in [5.41, 5.74) is 7.46. The molecule has 1 aromatic carbocycles. The molecule has 0 fully saturated rings. The first-order chi connectivity index (χ1) is 9.06. The predicted molar refractivity (Wildman–Crippen MR) is 78.7 cm³/mol. The van der Waals surface area contributed by atoms with Gasteiger partial charge < -0.3 is 11.1 Å². The minimum atomic E-state index is -0.215. The normalized spacial score (nSPS) is 11.9. The number of nitrogens with one attached hydrogen (secondary N) is 1. The minimum absolute atomic E-state index is 0.0932. The molecule has 4 nitrogen and oxygen atoms in total. The number of nitrogen functional groups attached to an aromatic ring is 1. The summed E-state index contributed by atoms with van der Waals surface area (Å²) in [6, 6.07) is 11.0. The van der Waals surface area contributed by atoms with Crippen molar-refractivity contribution in [1.82, 2.24) is 10.3 Å². The van der Waals surface area contributed by atoms with E-state index in [9.17, 15) is 4.79 Å². The van der Waals surface area contributed by atoms with Gasteiger partial charge in [-0.3, -0.25) is 4.79 Å². The fourth-order valence-electron chi connectivity index (χ4n) is 1.67. The molecule has 0 aliphatic rings. The van der Waals surface area contributed by atoms with E-state index in [-0.39, 0.29) is 11.9 Å². The third-order valence-electron chi connectivity index (χ3n) is 2.72. The van der Waals surface area contributed by atoms with Gasteiger partial charge in [-0.15, -0.1) is 0 Å². The topological polar surface area (TPSA) is 68.0 Å². The number of rotatable bonds is 3. The summed E-state index contributed by atoms with van der Waals surface area (Å²) in [5.74, 6) is -0.215. The van der Waals surface area contributed by atoms with Crippen molar-refractivity contribution in [2.24, 2.45) is 0 Å². The molecule has 0 spiro atoms. The molecule has 1 heterocycles. The second-order valence-corrected chi connectivity index (χ2v) is 5.14. The predicted octanol–water partition coefficient (Wildman–Crippen LogP) is 2.92. The number of carbonyl (C=O) groups is 1. The monoisotopic (exact) mass is 319 g/mol. The fourth-order valence-corrected chi connectivity index (χ4v) is 2.09. The molecule has 0 aliphatic heterocycles. The first kappa shape index (κ1) is 13.5. The average Bonchev–Trinajstić information content (AvgIpc) is 2.39. The molecule has 0 saturated heterocycles. The van der Waals surface area contributed by atoms with E-state index < -0.39 is 0 Å². The standard InChI is InChI=1S/C14H14BrN3O/c1-9(10-3-2-4-11(15)7-10)18-14(19)13-6-5-12(16)8-17-13/h2-9H,16H2,1H3,(H,18,19). The van der Waals surface area contributed by atoms with Crippen LogP contribution in [0.15, 0.2) is 47.1 Å². The number of nitrogens with zero attached hydrogens (tertiary/aromatic N) is 1. The van der Waals surface area contributed by atoms with Gasteiger partial charge in [0.15, 0.2) is 0 Å². The molecule has 0 saturated carbocycles. The van der Waals surface area contributed by atoms with E-state index in [0.29, 0.717) is 11.4 Å².